The van der Waals surface area contributed by atoms with Gasteiger partial charge in [-0.3, -0.25) is 10.2 Å². The summed E-state index contributed by atoms with van der Waals surface area (Å²) in [6, 6.07) is 4.23. The molecule has 0 aromatic heterocycles. The average Bonchev–Trinajstić information content (AvgIpc) is 2.66. The van der Waals surface area contributed by atoms with Gasteiger partial charge in [-0.1, -0.05) is 6.07 Å². The highest BCUT2D eigenvalue weighted by Gasteiger charge is 2.25. The highest BCUT2D eigenvalue weighted by molar-refractivity contribution is 7.90. The maximum Gasteiger partial charge on any atom is 0.154 e. The fourth-order valence-electron chi connectivity index (χ4n) is 3.95. The third-order valence-electron chi connectivity index (χ3n) is 5.59. The summed E-state index contributed by atoms with van der Waals surface area (Å²) in [4.78, 5) is 11.3. The van der Waals surface area contributed by atoms with Crippen LogP contribution in [0.4, 0.5) is 10.1 Å². The monoisotopic (exact) mass is 409 g/mol. The van der Waals surface area contributed by atoms with Gasteiger partial charge in [-0.25, -0.2) is 12.8 Å². The van der Waals surface area contributed by atoms with Crippen LogP contribution in [0.15, 0.2) is 18.2 Å². The van der Waals surface area contributed by atoms with Crippen LogP contribution in [-0.4, -0.2) is 38.9 Å². The second-order valence-electron chi connectivity index (χ2n) is 7.91. The second kappa shape index (κ2) is 9.13. The zero-order chi connectivity index (χ0) is 20.1. The second-order valence-corrected chi connectivity index (χ2v) is 10.0. The lowest BCUT2D eigenvalue weighted by Crippen LogP contribution is -2.34. The Bertz CT molecular complexity index is 825. The Kier molecular flexibility index (Phi) is 6.82. The molecule has 0 radical (unpaired) electrons. The molecule has 1 aromatic rings. The number of sulfone groups is 1. The maximum atomic E-state index is 14.2. The van der Waals surface area contributed by atoms with Gasteiger partial charge < -0.3 is 10.6 Å². The predicted octanol–water partition coefficient (Wildman–Crippen LogP) is 2.89. The molecule has 154 valence electrons. The molecule has 28 heavy (non-hydrogen) atoms. The lowest BCUT2D eigenvalue weighted by atomic mass is 9.90. The number of hydrogen-bond donors (Lipinski definition) is 3. The number of benzene rings is 1. The van der Waals surface area contributed by atoms with Crippen molar-refractivity contribution >= 4 is 27.1 Å². The fraction of sp³-hybridized carbons (Fsp3) is 0.600. The van der Waals surface area contributed by atoms with Crippen LogP contribution in [-0.2, 0) is 20.4 Å². The van der Waals surface area contributed by atoms with Crippen molar-refractivity contribution in [2.45, 2.75) is 44.3 Å². The van der Waals surface area contributed by atoms with Crippen LogP contribution >= 0.6 is 0 Å². The molecule has 1 saturated heterocycles. The van der Waals surface area contributed by atoms with Crippen LogP contribution in [0.5, 0.6) is 0 Å². The number of hydrogen-bond acceptors (Lipinski definition) is 5. The Hall–Kier alpha value is -1.80. The van der Waals surface area contributed by atoms with Gasteiger partial charge in [0.15, 0.2) is 9.84 Å². The Morgan fingerprint density at radius 1 is 1.18 bits per heavy atom. The largest absolute Gasteiger partial charge is 0.342 e. The topological polar surface area (TPSA) is 99.1 Å². The molecule has 1 heterocycles. The van der Waals surface area contributed by atoms with Crippen molar-refractivity contribution in [2.24, 2.45) is 11.8 Å². The molecule has 2 fully saturated rings. The van der Waals surface area contributed by atoms with Crippen LogP contribution in [0.2, 0.25) is 0 Å². The normalized spacial score (nSPS) is 19.5. The van der Waals surface area contributed by atoms with Crippen LogP contribution in [0.25, 0.3) is 0 Å². The molecule has 0 bridgehead atoms. The van der Waals surface area contributed by atoms with Gasteiger partial charge in [0.25, 0.3) is 0 Å². The van der Waals surface area contributed by atoms with Crippen LogP contribution < -0.4 is 10.6 Å². The molecule has 0 spiro atoms. The highest BCUT2D eigenvalue weighted by Crippen LogP contribution is 2.25. The molecular formula is C20H28FN3O3S. The Morgan fingerprint density at radius 3 is 2.54 bits per heavy atom. The van der Waals surface area contributed by atoms with E-state index in [1.54, 1.807) is 0 Å². The van der Waals surface area contributed by atoms with Gasteiger partial charge in [-0.05, 0) is 62.4 Å². The Morgan fingerprint density at radius 2 is 1.86 bits per heavy atom. The van der Waals surface area contributed by atoms with E-state index in [0.717, 1.165) is 25.9 Å². The SMILES string of the molecule is N=C(Nc1cc(CS(=O)(=O)CC2CCC(=O)CC2)ccc1F)C1CCNCC1. The molecule has 3 N–H and O–H groups in total. The molecular weight excluding hydrogens is 381 g/mol. The first kappa shape index (κ1) is 20.9. The Labute approximate surface area is 165 Å². The summed E-state index contributed by atoms with van der Waals surface area (Å²) >= 11 is 0. The van der Waals surface area contributed by atoms with Gasteiger partial charge in [0.2, 0.25) is 0 Å². The van der Waals surface area contributed by atoms with Crippen molar-refractivity contribution in [2.75, 3.05) is 24.2 Å². The van der Waals surface area contributed by atoms with E-state index in [2.05, 4.69) is 10.6 Å². The first-order chi connectivity index (χ1) is 13.3. The summed E-state index contributed by atoms with van der Waals surface area (Å²) in [6.07, 6.45) is 3.83. The number of Topliss-reactive ketones (excluding diaryl/α,β-unsaturated/α-hetero) is 1. The summed E-state index contributed by atoms with van der Waals surface area (Å²) in [5.41, 5.74) is 0.661. The van der Waals surface area contributed by atoms with E-state index in [-0.39, 0.29) is 40.6 Å². The number of carbonyl (C=O) groups is 1. The molecule has 0 atom stereocenters. The third kappa shape index (κ3) is 5.85. The number of anilines is 1. The van der Waals surface area contributed by atoms with Gasteiger partial charge >= 0.3 is 0 Å². The van der Waals surface area contributed by atoms with Crippen molar-refractivity contribution < 1.29 is 17.6 Å². The van der Waals surface area contributed by atoms with E-state index in [1.165, 1.54) is 18.2 Å². The van der Waals surface area contributed by atoms with Crippen molar-refractivity contribution in [1.82, 2.24) is 5.32 Å². The Balaban J connectivity index is 1.63. The first-order valence-electron chi connectivity index (χ1n) is 9.89. The summed E-state index contributed by atoms with van der Waals surface area (Å²) < 4.78 is 39.3. The molecule has 0 amide bonds. The lowest BCUT2D eigenvalue weighted by Gasteiger charge is -2.24. The van der Waals surface area contributed by atoms with E-state index >= 15 is 0 Å². The molecule has 1 aliphatic carbocycles. The summed E-state index contributed by atoms with van der Waals surface area (Å²) in [7, 11) is -3.35. The van der Waals surface area contributed by atoms with Gasteiger partial charge in [-0.15, -0.1) is 0 Å². The lowest BCUT2D eigenvalue weighted by molar-refractivity contribution is -0.120. The summed E-state index contributed by atoms with van der Waals surface area (Å²) in [6.45, 7) is 1.67. The summed E-state index contributed by atoms with van der Waals surface area (Å²) in [5, 5.41) is 14.3. The number of piperidine rings is 1. The van der Waals surface area contributed by atoms with Gasteiger partial charge in [-0.2, -0.15) is 0 Å². The van der Waals surface area contributed by atoms with E-state index < -0.39 is 15.7 Å². The number of ketones is 1. The molecule has 1 saturated carbocycles. The molecule has 0 unspecified atom stereocenters. The minimum Gasteiger partial charge on any atom is -0.342 e. The summed E-state index contributed by atoms with van der Waals surface area (Å²) in [5.74, 6) is -0.0360. The van der Waals surface area contributed by atoms with Crippen molar-refractivity contribution in [3.8, 4) is 0 Å². The van der Waals surface area contributed by atoms with Gasteiger partial charge in [0.05, 0.1) is 17.2 Å². The molecule has 1 aromatic carbocycles. The standard InChI is InChI=1S/C20H28FN3O3S/c21-18-6-3-15(11-19(18)24-20(22)16-7-9-23-10-8-16)13-28(26,27)12-14-1-4-17(25)5-2-14/h3,6,11,14,16,23H,1-2,4-5,7-10,12-13H2,(H2,22,24). The van der Waals surface area contributed by atoms with Crippen LogP contribution in [0.1, 0.15) is 44.1 Å². The van der Waals surface area contributed by atoms with Gasteiger partial charge in [0.1, 0.15) is 17.4 Å². The smallest absolute Gasteiger partial charge is 0.154 e. The van der Waals surface area contributed by atoms with Gasteiger partial charge in [0, 0.05) is 18.8 Å². The van der Waals surface area contributed by atoms with E-state index in [4.69, 9.17) is 5.41 Å². The number of rotatable bonds is 6. The molecule has 6 nitrogen and oxygen atoms in total. The third-order valence-corrected chi connectivity index (χ3v) is 7.34. The van der Waals surface area contributed by atoms with Crippen LogP contribution in [0, 0.1) is 23.1 Å². The highest BCUT2D eigenvalue weighted by atomic mass is 32.2. The van der Waals surface area contributed by atoms with Crippen molar-refractivity contribution in [3.05, 3.63) is 29.6 Å². The average molecular weight is 410 g/mol. The zero-order valence-electron chi connectivity index (χ0n) is 16.0. The number of carbonyl (C=O) groups excluding carboxylic acids is 1. The molecule has 2 aliphatic rings. The molecule has 3 rings (SSSR count). The van der Waals surface area contributed by atoms with Crippen molar-refractivity contribution in [1.29, 1.82) is 5.41 Å². The van der Waals surface area contributed by atoms with E-state index in [1.807, 2.05) is 0 Å². The minimum atomic E-state index is -3.35. The van der Waals surface area contributed by atoms with E-state index in [0.29, 0.717) is 31.2 Å². The maximum absolute atomic E-state index is 14.2. The zero-order valence-corrected chi connectivity index (χ0v) is 16.8. The van der Waals surface area contributed by atoms with E-state index in [9.17, 15) is 17.6 Å². The quantitative estimate of drug-likeness (QED) is 0.496. The van der Waals surface area contributed by atoms with Crippen LogP contribution in [0.3, 0.4) is 0 Å². The first-order valence-corrected chi connectivity index (χ1v) is 11.7. The number of nitrogens with one attached hydrogen (secondary N) is 3. The molecule has 1 aliphatic heterocycles. The minimum absolute atomic E-state index is 0.0221. The molecule has 8 heteroatoms. The van der Waals surface area contributed by atoms with Crippen molar-refractivity contribution in [3.63, 3.8) is 0 Å². The fourth-order valence-corrected chi connectivity index (χ4v) is 5.81. The number of amidine groups is 1. The number of halogens is 1. The predicted molar refractivity (Wildman–Crippen MR) is 108 cm³/mol.